The number of hydrogen-bond acceptors (Lipinski definition) is 3. The summed E-state index contributed by atoms with van der Waals surface area (Å²) in [7, 11) is -4.38. The quantitative estimate of drug-likeness (QED) is 0.804. The second-order valence-corrected chi connectivity index (χ2v) is 6.72. The lowest BCUT2D eigenvalue weighted by Gasteiger charge is -2.31. The zero-order valence-electron chi connectivity index (χ0n) is 10.8. The van der Waals surface area contributed by atoms with Crippen LogP contribution in [0.5, 0.6) is 0 Å². The predicted molar refractivity (Wildman–Crippen MR) is 66.3 cm³/mol. The first kappa shape index (κ1) is 15.4. The fraction of sp³-hybridized carbons (Fsp3) is 1.00. The number of rotatable bonds is 4. The summed E-state index contributed by atoms with van der Waals surface area (Å²) in [5.74, 6) is 0. The summed E-state index contributed by atoms with van der Waals surface area (Å²) >= 11 is 0. The third kappa shape index (κ3) is 4.48. The smallest absolute Gasteiger partial charge is 0.302 e. The molecule has 0 bridgehead atoms. The molecule has 1 N–H and O–H groups in total. The van der Waals surface area contributed by atoms with Gasteiger partial charge in [-0.25, -0.2) is 13.3 Å². The summed E-state index contributed by atoms with van der Waals surface area (Å²) in [4.78, 5) is 9.63. The van der Waals surface area contributed by atoms with E-state index in [1.54, 1.807) is 0 Å². The molecule has 2 fully saturated rings. The zero-order valence-corrected chi connectivity index (χ0v) is 11.7. The van der Waals surface area contributed by atoms with Gasteiger partial charge in [0.25, 0.3) is 0 Å². The first-order chi connectivity index (χ1) is 8.98. The molecule has 0 spiro atoms. The number of hydrogen-bond donors (Lipinski definition) is 1. The van der Waals surface area contributed by atoms with Gasteiger partial charge < -0.3 is 4.89 Å². The van der Waals surface area contributed by atoms with Gasteiger partial charge in [0.15, 0.2) is 0 Å². The van der Waals surface area contributed by atoms with E-state index in [0.29, 0.717) is 25.7 Å². The molecule has 2 aliphatic carbocycles. The van der Waals surface area contributed by atoms with Gasteiger partial charge in [-0.05, 0) is 25.7 Å². The van der Waals surface area contributed by atoms with Crippen LogP contribution < -0.4 is 0 Å². The van der Waals surface area contributed by atoms with Gasteiger partial charge in [0.2, 0.25) is 0 Å². The molecule has 0 saturated heterocycles. The van der Waals surface area contributed by atoms with Crippen molar-refractivity contribution in [2.75, 3.05) is 0 Å². The highest BCUT2D eigenvalue weighted by atomic mass is 31.2. The first-order valence-corrected chi connectivity index (χ1v) is 8.45. The Balaban J connectivity index is 1.88. The molecular formula is C12H21F2O4P. The lowest BCUT2D eigenvalue weighted by Crippen LogP contribution is -2.31. The average Bonchev–Trinajstić information content (AvgIpc) is 2.35. The molecular weight excluding hydrogens is 277 g/mol. The van der Waals surface area contributed by atoms with E-state index < -0.39 is 32.4 Å². The van der Waals surface area contributed by atoms with E-state index in [-0.39, 0.29) is 0 Å². The van der Waals surface area contributed by atoms with Crippen molar-refractivity contribution >= 4 is 7.82 Å². The van der Waals surface area contributed by atoms with Gasteiger partial charge in [0, 0.05) is 0 Å². The van der Waals surface area contributed by atoms with Crippen molar-refractivity contribution in [3.05, 3.63) is 0 Å². The van der Waals surface area contributed by atoms with Crippen molar-refractivity contribution in [2.24, 2.45) is 0 Å². The molecule has 0 aromatic rings. The van der Waals surface area contributed by atoms with Crippen LogP contribution >= 0.6 is 7.82 Å². The molecule has 19 heavy (non-hydrogen) atoms. The second-order valence-electron chi connectivity index (χ2n) is 5.36. The molecule has 0 heterocycles. The van der Waals surface area contributed by atoms with Crippen LogP contribution in [0.15, 0.2) is 0 Å². The lowest BCUT2D eigenvalue weighted by molar-refractivity contribution is -0.00848. The molecule has 112 valence electrons. The van der Waals surface area contributed by atoms with Crippen LogP contribution in [0.1, 0.15) is 51.4 Å². The summed E-state index contributed by atoms with van der Waals surface area (Å²) in [5.41, 5.74) is 0. The topological polar surface area (TPSA) is 55.8 Å². The summed E-state index contributed by atoms with van der Waals surface area (Å²) in [5, 5.41) is 0. The summed E-state index contributed by atoms with van der Waals surface area (Å²) in [6.45, 7) is 0. The van der Waals surface area contributed by atoms with E-state index in [4.69, 9.17) is 9.05 Å². The summed E-state index contributed by atoms with van der Waals surface area (Å²) in [6.07, 6.45) is 0.199. The van der Waals surface area contributed by atoms with Gasteiger partial charge >= 0.3 is 7.82 Å². The maximum atomic E-state index is 13.5. The van der Waals surface area contributed by atoms with Gasteiger partial charge in [0.05, 0.1) is 0 Å². The van der Waals surface area contributed by atoms with Gasteiger partial charge in [-0.3, -0.25) is 9.05 Å². The molecule has 4 unspecified atom stereocenters. The maximum Gasteiger partial charge on any atom is 0.472 e. The highest BCUT2D eigenvalue weighted by molar-refractivity contribution is 7.47. The molecule has 7 heteroatoms. The van der Waals surface area contributed by atoms with Crippen LogP contribution in [-0.2, 0) is 13.6 Å². The fourth-order valence-corrected chi connectivity index (χ4v) is 3.92. The summed E-state index contributed by atoms with van der Waals surface area (Å²) < 4.78 is 48.7. The van der Waals surface area contributed by atoms with E-state index in [9.17, 15) is 18.2 Å². The largest absolute Gasteiger partial charge is 0.472 e. The Morgan fingerprint density at radius 1 is 0.842 bits per heavy atom. The highest BCUT2D eigenvalue weighted by Crippen LogP contribution is 2.50. The fourth-order valence-electron chi connectivity index (χ4n) is 2.71. The number of phosphoric acid groups is 1. The molecule has 0 aromatic heterocycles. The minimum atomic E-state index is -4.38. The first-order valence-electron chi connectivity index (χ1n) is 6.96. The lowest BCUT2D eigenvalue weighted by atomic mass is 9.96. The Morgan fingerprint density at radius 2 is 1.21 bits per heavy atom. The second kappa shape index (κ2) is 6.61. The molecule has 0 radical (unpaired) electrons. The Kier molecular flexibility index (Phi) is 5.35. The molecule has 0 aliphatic heterocycles. The minimum absolute atomic E-state index is 0.333. The maximum absolute atomic E-state index is 13.5. The SMILES string of the molecule is O=P(O)(OC1CCCCC1F)OC1CCCCC1F. The van der Waals surface area contributed by atoms with Crippen molar-refractivity contribution < 1.29 is 27.3 Å². The van der Waals surface area contributed by atoms with Crippen molar-refractivity contribution in [3.63, 3.8) is 0 Å². The third-order valence-corrected chi connectivity index (χ3v) is 4.86. The van der Waals surface area contributed by atoms with Crippen LogP contribution in [0.3, 0.4) is 0 Å². The Hall–Kier alpha value is -0.0300. The van der Waals surface area contributed by atoms with Gasteiger partial charge in [0.1, 0.15) is 24.6 Å². The van der Waals surface area contributed by atoms with E-state index in [0.717, 1.165) is 25.7 Å². The zero-order chi connectivity index (χ0) is 13.9. The van der Waals surface area contributed by atoms with Crippen LogP contribution in [0, 0.1) is 0 Å². The van der Waals surface area contributed by atoms with Gasteiger partial charge in [-0.15, -0.1) is 0 Å². The van der Waals surface area contributed by atoms with Crippen molar-refractivity contribution in [3.8, 4) is 0 Å². The number of phosphoric ester groups is 1. The van der Waals surface area contributed by atoms with E-state index in [2.05, 4.69) is 0 Å². The van der Waals surface area contributed by atoms with Crippen LogP contribution in [-0.4, -0.2) is 29.4 Å². The monoisotopic (exact) mass is 298 g/mol. The van der Waals surface area contributed by atoms with E-state index in [1.807, 2.05) is 0 Å². The highest BCUT2D eigenvalue weighted by Gasteiger charge is 2.38. The van der Waals surface area contributed by atoms with Crippen molar-refractivity contribution in [1.29, 1.82) is 0 Å². The molecule has 4 nitrogen and oxygen atoms in total. The molecule has 4 atom stereocenters. The molecule has 2 rings (SSSR count). The normalized spacial score (nSPS) is 39.7. The Bertz CT molecular complexity index is 314. The molecule has 2 saturated carbocycles. The van der Waals surface area contributed by atoms with Crippen LogP contribution in [0.25, 0.3) is 0 Å². The van der Waals surface area contributed by atoms with Crippen molar-refractivity contribution in [1.82, 2.24) is 0 Å². The summed E-state index contributed by atoms with van der Waals surface area (Å²) in [6, 6.07) is 0. The van der Waals surface area contributed by atoms with Gasteiger partial charge in [-0.1, -0.05) is 25.7 Å². The average molecular weight is 298 g/mol. The van der Waals surface area contributed by atoms with E-state index >= 15 is 0 Å². The molecule has 0 amide bonds. The Labute approximate surface area is 112 Å². The number of halogens is 2. The molecule has 0 aromatic carbocycles. The number of alkyl halides is 2. The third-order valence-electron chi connectivity index (χ3n) is 3.78. The predicted octanol–water partition coefficient (Wildman–Crippen LogP) is 3.68. The Morgan fingerprint density at radius 3 is 1.58 bits per heavy atom. The van der Waals surface area contributed by atoms with Crippen molar-refractivity contribution in [2.45, 2.75) is 75.9 Å². The minimum Gasteiger partial charge on any atom is -0.302 e. The molecule has 2 aliphatic rings. The van der Waals surface area contributed by atoms with Gasteiger partial charge in [-0.2, -0.15) is 0 Å². The van der Waals surface area contributed by atoms with Crippen LogP contribution in [0.2, 0.25) is 0 Å². The standard InChI is InChI=1S/C12H21F2O4P/c13-9-5-1-3-7-11(9)17-19(15,16)18-12-8-4-2-6-10(12)14/h9-12H,1-8H2,(H,15,16). The van der Waals surface area contributed by atoms with E-state index in [1.165, 1.54) is 0 Å². The van der Waals surface area contributed by atoms with Crippen LogP contribution in [0.4, 0.5) is 8.78 Å².